The van der Waals surface area contributed by atoms with E-state index in [1.54, 1.807) is 12.1 Å². The monoisotopic (exact) mass is 254 g/mol. The van der Waals surface area contributed by atoms with E-state index in [1.807, 2.05) is 0 Å². The molecule has 5 heteroatoms. The van der Waals surface area contributed by atoms with Crippen LogP contribution in [0.1, 0.15) is 5.56 Å². The SMILES string of the molecule is O=CCc1cc2[nH]c(=O)[nH]c2cc1Br. The highest BCUT2D eigenvalue weighted by molar-refractivity contribution is 9.10. The van der Waals surface area contributed by atoms with E-state index in [-0.39, 0.29) is 5.69 Å². The van der Waals surface area contributed by atoms with Crippen molar-refractivity contribution >= 4 is 33.2 Å². The lowest BCUT2D eigenvalue weighted by Gasteiger charge is -1.99. The molecule has 0 atom stereocenters. The van der Waals surface area contributed by atoms with Crippen LogP contribution in [-0.2, 0) is 11.2 Å². The van der Waals surface area contributed by atoms with E-state index in [9.17, 15) is 9.59 Å². The van der Waals surface area contributed by atoms with Gasteiger partial charge in [-0.05, 0) is 17.7 Å². The number of hydrogen-bond acceptors (Lipinski definition) is 2. The number of carbonyl (C=O) groups excluding carboxylic acids is 1. The molecular weight excluding hydrogens is 248 g/mol. The van der Waals surface area contributed by atoms with Crippen LogP contribution in [0, 0.1) is 0 Å². The molecule has 4 nitrogen and oxygen atoms in total. The second-order valence-corrected chi connectivity index (χ2v) is 3.79. The highest BCUT2D eigenvalue weighted by Crippen LogP contribution is 2.21. The standard InChI is InChI=1S/C9H7BrN2O2/c10-6-4-8-7(11-9(14)12-8)3-5(6)1-2-13/h2-4H,1H2,(H2,11,12,14). The zero-order valence-electron chi connectivity index (χ0n) is 7.13. The Labute approximate surface area is 87.5 Å². The third-order valence-corrected chi connectivity index (χ3v) is 2.72. The normalized spacial score (nSPS) is 10.6. The average Bonchev–Trinajstić information content (AvgIpc) is 2.45. The van der Waals surface area contributed by atoms with Crippen LogP contribution in [0.3, 0.4) is 0 Å². The molecule has 1 aromatic carbocycles. The number of rotatable bonds is 2. The Kier molecular flexibility index (Phi) is 2.25. The van der Waals surface area contributed by atoms with Crippen molar-refractivity contribution in [2.45, 2.75) is 6.42 Å². The van der Waals surface area contributed by atoms with Crippen LogP contribution in [0.4, 0.5) is 0 Å². The topological polar surface area (TPSA) is 65.7 Å². The summed E-state index contributed by atoms with van der Waals surface area (Å²) in [5.74, 6) is 0. The average molecular weight is 255 g/mol. The maximum absolute atomic E-state index is 11.0. The molecule has 0 unspecified atom stereocenters. The summed E-state index contributed by atoms with van der Waals surface area (Å²) in [5.41, 5.74) is 2.07. The molecule has 14 heavy (non-hydrogen) atoms. The summed E-state index contributed by atoms with van der Waals surface area (Å²) in [6.45, 7) is 0. The molecule has 0 aliphatic rings. The highest BCUT2D eigenvalue weighted by atomic mass is 79.9. The van der Waals surface area contributed by atoms with Gasteiger partial charge in [-0.1, -0.05) is 15.9 Å². The van der Waals surface area contributed by atoms with Gasteiger partial charge in [-0.2, -0.15) is 0 Å². The predicted octanol–water partition coefficient (Wildman–Crippen LogP) is 1.36. The Morgan fingerprint density at radius 1 is 1.29 bits per heavy atom. The van der Waals surface area contributed by atoms with Crippen molar-refractivity contribution in [3.63, 3.8) is 0 Å². The van der Waals surface area contributed by atoms with E-state index in [1.165, 1.54) is 0 Å². The van der Waals surface area contributed by atoms with Gasteiger partial charge < -0.3 is 14.8 Å². The zero-order valence-corrected chi connectivity index (χ0v) is 8.72. The fraction of sp³-hybridized carbons (Fsp3) is 0.111. The molecule has 0 radical (unpaired) electrons. The van der Waals surface area contributed by atoms with E-state index < -0.39 is 0 Å². The molecule has 0 amide bonds. The first-order valence-corrected chi connectivity index (χ1v) is 4.84. The summed E-state index contributed by atoms with van der Waals surface area (Å²) in [6.07, 6.45) is 1.17. The maximum Gasteiger partial charge on any atom is 0.323 e. The Morgan fingerprint density at radius 3 is 2.57 bits per heavy atom. The summed E-state index contributed by atoms with van der Waals surface area (Å²) in [7, 11) is 0. The molecule has 0 fully saturated rings. The van der Waals surface area contributed by atoms with Crippen LogP contribution in [0.15, 0.2) is 21.4 Å². The zero-order chi connectivity index (χ0) is 10.1. The molecule has 72 valence electrons. The first kappa shape index (κ1) is 9.21. The molecular formula is C9H7BrN2O2. The van der Waals surface area contributed by atoms with Crippen molar-refractivity contribution in [1.29, 1.82) is 0 Å². The summed E-state index contributed by atoms with van der Waals surface area (Å²) in [4.78, 5) is 26.6. The van der Waals surface area contributed by atoms with Crippen LogP contribution in [-0.4, -0.2) is 16.3 Å². The predicted molar refractivity (Wildman–Crippen MR) is 56.4 cm³/mol. The Balaban J connectivity index is 2.69. The number of fused-ring (bicyclic) bond motifs is 1. The number of nitrogens with one attached hydrogen (secondary N) is 2. The minimum atomic E-state index is -0.241. The summed E-state index contributed by atoms with van der Waals surface area (Å²) in [5, 5.41) is 0. The third-order valence-electron chi connectivity index (χ3n) is 1.99. The Bertz CT molecular complexity index is 541. The van der Waals surface area contributed by atoms with E-state index in [0.29, 0.717) is 6.42 Å². The summed E-state index contributed by atoms with van der Waals surface area (Å²) in [6, 6.07) is 3.57. The summed E-state index contributed by atoms with van der Waals surface area (Å²) < 4.78 is 0.826. The number of aromatic amines is 2. The van der Waals surface area contributed by atoms with Gasteiger partial charge >= 0.3 is 5.69 Å². The van der Waals surface area contributed by atoms with E-state index in [0.717, 1.165) is 27.4 Å². The van der Waals surface area contributed by atoms with Crippen molar-refractivity contribution < 1.29 is 4.79 Å². The van der Waals surface area contributed by atoms with Crippen LogP contribution in [0.25, 0.3) is 11.0 Å². The van der Waals surface area contributed by atoms with Crippen molar-refractivity contribution in [3.8, 4) is 0 Å². The van der Waals surface area contributed by atoms with Crippen LogP contribution >= 0.6 is 15.9 Å². The Morgan fingerprint density at radius 2 is 1.93 bits per heavy atom. The number of benzene rings is 1. The lowest BCUT2D eigenvalue weighted by molar-refractivity contribution is -0.107. The maximum atomic E-state index is 11.0. The van der Waals surface area contributed by atoms with E-state index in [2.05, 4.69) is 25.9 Å². The van der Waals surface area contributed by atoms with Crippen LogP contribution in [0.5, 0.6) is 0 Å². The molecule has 1 heterocycles. The fourth-order valence-electron chi connectivity index (χ4n) is 1.35. The van der Waals surface area contributed by atoms with Crippen molar-refractivity contribution in [2.24, 2.45) is 0 Å². The van der Waals surface area contributed by atoms with Gasteiger partial charge in [-0.25, -0.2) is 4.79 Å². The van der Waals surface area contributed by atoms with Crippen LogP contribution in [0.2, 0.25) is 0 Å². The molecule has 0 aliphatic carbocycles. The number of carbonyl (C=O) groups is 1. The molecule has 0 saturated heterocycles. The number of hydrogen-bond donors (Lipinski definition) is 2. The summed E-state index contributed by atoms with van der Waals surface area (Å²) >= 11 is 3.33. The second kappa shape index (κ2) is 3.42. The van der Waals surface area contributed by atoms with E-state index >= 15 is 0 Å². The van der Waals surface area contributed by atoms with Gasteiger partial charge in [-0.15, -0.1) is 0 Å². The molecule has 1 aromatic heterocycles. The number of aromatic nitrogens is 2. The number of halogens is 1. The van der Waals surface area contributed by atoms with Gasteiger partial charge in [0.05, 0.1) is 11.0 Å². The largest absolute Gasteiger partial charge is 0.323 e. The van der Waals surface area contributed by atoms with Gasteiger partial charge in [-0.3, -0.25) is 0 Å². The molecule has 2 N–H and O–H groups in total. The molecule has 0 aliphatic heterocycles. The molecule has 0 bridgehead atoms. The van der Waals surface area contributed by atoms with Gasteiger partial charge in [0.25, 0.3) is 0 Å². The Hall–Kier alpha value is -1.36. The molecule has 0 spiro atoms. The van der Waals surface area contributed by atoms with Gasteiger partial charge in [0.1, 0.15) is 6.29 Å². The third kappa shape index (κ3) is 1.50. The minimum Gasteiger partial charge on any atom is -0.306 e. The van der Waals surface area contributed by atoms with E-state index in [4.69, 9.17) is 0 Å². The van der Waals surface area contributed by atoms with Gasteiger partial charge in [0.2, 0.25) is 0 Å². The first-order chi connectivity index (χ1) is 6.70. The van der Waals surface area contributed by atoms with Gasteiger partial charge in [0.15, 0.2) is 0 Å². The second-order valence-electron chi connectivity index (χ2n) is 2.94. The van der Waals surface area contributed by atoms with Gasteiger partial charge in [0, 0.05) is 10.9 Å². The van der Waals surface area contributed by atoms with Crippen LogP contribution < -0.4 is 5.69 Å². The minimum absolute atomic E-state index is 0.241. The smallest absolute Gasteiger partial charge is 0.306 e. The first-order valence-electron chi connectivity index (χ1n) is 4.05. The van der Waals surface area contributed by atoms with Crippen molar-refractivity contribution in [2.75, 3.05) is 0 Å². The highest BCUT2D eigenvalue weighted by Gasteiger charge is 2.04. The van der Waals surface area contributed by atoms with Crippen molar-refractivity contribution in [1.82, 2.24) is 9.97 Å². The quantitative estimate of drug-likeness (QED) is 0.795. The lowest BCUT2D eigenvalue weighted by Crippen LogP contribution is -1.99. The number of H-pyrrole nitrogens is 2. The molecule has 0 saturated carbocycles. The number of imidazole rings is 1. The molecule has 2 rings (SSSR count). The lowest BCUT2D eigenvalue weighted by atomic mass is 10.1. The molecule has 2 aromatic rings. The van der Waals surface area contributed by atoms with Crippen molar-refractivity contribution in [3.05, 3.63) is 32.7 Å². The number of aldehydes is 1. The fourth-order valence-corrected chi connectivity index (χ4v) is 1.85.